The van der Waals surface area contributed by atoms with Gasteiger partial charge in [-0.3, -0.25) is 4.90 Å². The minimum absolute atomic E-state index is 0.257. The topological polar surface area (TPSA) is 57.4 Å². The van der Waals surface area contributed by atoms with E-state index in [1.165, 1.54) is 32.1 Å². The average molecular weight is 350 g/mol. The zero-order valence-corrected chi connectivity index (χ0v) is 16.2. The van der Waals surface area contributed by atoms with Gasteiger partial charge < -0.3 is 10.0 Å². The summed E-state index contributed by atoms with van der Waals surface area (Å²) in [5.41, 5.74) is 0. The number of aromatic nitrogens is 3. The van der Waals surface area contributed by atoms with Gasteiger partial charge in [0.05, 0.1) is 12.6 Å². The van der Waals surface area contributed by atoms with E-state index in [1.807, 2.05) is 18.5 Å². The van der Waals surface area contributed by atoms with Crippen LogP contribution in [0.4, 0.5) is 0 Å². The van der Waals surface area contributed by atoms with Crippen molar-refractivity contribution in [3.63, 3.8) is 0 Å². The molecule has 0 aliphatic carbocycles. The van der Waals surface area contributed by atoms with E-state index in [2.05, 4.69) is 26.8 Å². The molecule has 142 valence electrons. The van der Waals surface area contributed by atoms with E-state index < -0.39 is 0 Å². The first-order valence-electron chi connectivity index (χ1n) is 10.0. The Morgan fingerprint density at radius 1 is 1.08 bits per heavy atom. The normalized spacial score (nSPS) is 25.4. The molecule has 2 aliphatic rings. The van der Waals surface area contributed by atoms with Crippen LogP contribution in [0.15, 0.2) is 0 Å². The number of nitrogens with zero attached hydrogens (tertiary/aromatic N) is 5. The third-order valence-corrected chi connectivity index (χ3v) is 5.89. The fraction of sp³-hybridized carbons (Fsp3) is 0.895. The van der Waals surface area contributed by atoms with Crippen molar-refractivity contribution in [3.05, 3.63) is 11.6 Å². The van der Waals surface area contributed by atoms with Crippen molar-refractivity contribution >= 4 is 0 Å². The predicted octanol–water partition coefficient (Wildman–Crippen LogP) is 1.84. The molecule has 3 heterocycles. The number of aliphatic hydroxyl groups is 1. The number of hydrogen-bond acceptors (Lipinski definition) is 5. The lowest BCUT2D eigenvalue weighted by Gasteiger charge is -2.38. The summed E-state index contributed by atoms with van der Waals surface area (Å²) in [5, 5.41) is 15.2. The van der Waals surface area contributed by atoms with Gasteiger partial charge in [0.25, 0.3) is 0 Å². The maximum atomic E-state index is 10.6. The molecule has 2 aliphatic heterocycles. The standard InChI is InChI=1S/C19H35N5O/c1-15-7-10-22(11-8-15)13-19(25)14-23-9-5-4-6-18(23)12-24-17(3)20-16(2)21-24/h15,18-19,25H,4-14H2,1-3H3/t18-,19+/m1/s1. The summed E-state index contributed by atoms with van der Waals surface area (Å²) in [6.45, 7) is 12.2. The van der Waals surface area contributed by atoms with E-state index in [9.17, 15) is 5.11 Å². The lowest BCUT2D eigenvalue weighted by atomic mass is 9.98. The smallest absolute Gasteiger partial charge is 0.147 e. The Labute approximate surface area is 152 Å². The van der Waals surface area contributed by atoms with E-state index in [0.717, 1.165) is 56.8 Å². The summed E-state index contributed by atoms with van der Waals surface area (Å²) >= 11 is 0. The maximum Gasteiger partial charge on any atom is 0.147 e. The van der Waals surface area contributed by atoms with Crippen LogP contribution in [0.2, 0.25) is 0 Å². The molecule has 2 atom stereocenters. The number of likely N-dealkylation sites (tertiary alicyclic amines) is 2. The highest BCUT2D eigenvalue weighted by Crippen LogP contribution is 2.20. The molecule has 0 bridgehead atoms. The van der Waals surface area contributed by atoms with Crippen molar-refractivity contribution < 1.29 is 5.11 Å². The van der Waals surface area contributed by atoms with Crippen molar-refractivity contribution in [1.29, 1.82) is 0 Å². The van der Waals surface area contributed by atoms with Gasteiger partial charge in [-0.15, -0.1) is 0 Å². The second-order valence-electron chi connectivity index (χ2n) is 8.17. The van der Waals surface area contributed by atoms with Crippen LogP contribution >= 0.6 is 0 Å². The number of rotatable bonds is 6. The molecule has 25 heavy (non-hydrogen) atoms. The van der Waals surface area contributed by atoms with Gasteiger partial charge in [-0.1, -0.05) is 13.3 Å². The quantitative estimate of drug-likeness (QED) is 0.849. The van der Waals surface area contributed by atoms with E-state index in [1.54, 1.807) is 0 Å². The molecule has 0 unspecified atom stereocenters. The first-order valence-corrected chi connectivity index (χ1v) is 10.0. The second-order valence-corrected chi connectivity index (χ2v) is 8.17. The van der Waals surface area contributed by atoms with E-state index >= 15 is 0 Å². The molecular formula is C19H35N5O. The number of piperidine rings is 2. The first-order chi connectivity index (χ1) is 12.0. The number of aryl methyl sites for hydroxylation is 2. The maximum absolute atomic E-state index is 10.6. The Hall–Kier alpha value is -0.980. The van der Waals surface area contributed by atoms with Gasteiger partial charge in [-0.2, -0.15) is 5.10 Å². The van der Waals surface area contributed by atoms with Gasteiger partial charge in [0, 0.05) is 19.1 Å². The Morgan fingerprint density at radius 2 is 1.84 bits per heavy atom. The van der Waals surface area contributed by atoms with Gasteiger partial charge >= 0.3 is 0 Å². The Bertz CT molecular complexity index is 538. The number of hydrogen-bond donors (Lipinski definition) is 1. The molecule has 0 aromatic carbocycles. The lowest BCUT2D eigenvalue weighted by molar-refractivity contribution is 0.0321. The van der Waals surface area contributed by atoms with Crippen LogP contribution in [-0.2, 0) is 6.54 Å². The van der Waals surface area contributed by atoms with Crippen LogP contribution in [0.25, 0.3) is 0 Å². The van der Waals surface area contributed by atoms with E-state index in [-0.39, 0.29) is 6.10 Å². The van der Waals surface area contributed by atoms with Crippen LogP contribution < -0.4 is 0 Å². The SMILES string of the molecule is Cc1nc(C)n(C[C@H]2CCCCN2C[C@@H](O)CN2CCC(C)CC2)n1. The zero-order valence-electron chi connectivity index (χ0n) is 16.2. The van der Waals surface area contributed by atoms with Gasteiger partial charge in [-0.25, -0.2) is 9.67 Å². The molecule has 6 nitrogen and oxygen atoms in total. The van der Waals surface area contributed by atoms with Gasteiger partial charge in [0.1, 0.15) is 11.6 Å². The summed E-state index contributed by atoms with van der Waals surface area (Å²) in [5.74, 6) is 2.68. The van der Waals surface area contributed by atoms with Gasteiger partial charge in [-0.05, 0) is 65.1 Å². The summed E-state index contributed by atoms with van der Waals surface area (Å²) in [4.78, 5) is 9.35. The molecule has 1 aromatic heterocycles. The Kier molecular flexibility index (Phi) is 6.47. The lowest BCUT2D eigenvalue weighted by Crippen LogP contribution is -2.49. The van der Waals surface area contributed by atoms with Gasteiger partial charge in [0.15, 0.2) is 0 Å². The summed E-state index contributed by atoms with van der Waals surface area (Å²) in [6, 6.07) is 0.463. The van der Waals surface area contributed by atoms with Crippen LogP contribution in [0.5, 0.6) is 0 Å². The molecule has 0 saturated carbocycles. The van der Waals surface area contributed by atoms with Crippen LogP contribution in [0, 0.1) is 19.8 Å². The van der Waals surface area contributed by atoms with E-state index in [4.69, 9.17) is 0 Å². The van der Waals surface area contributed by atoms with Crippen LogP contribution in [-0.4, -0.2) is 74.5 Å². The molecule has 1 aromatic rings. The number of aliphatic hydroxyl groups excluding tert-OH is 1. The van der Waals surface area contributed by atoms with Crippen molar-refractivity contribution in [3.8, 4) is 0 Å². The third-order valence-electron chi connectivity index (χ3n) is 5.89. The molecule has 2 fully saturated rings. The minimum Gasteiger partial charge on any atom is -0.390 e. The fourth-order valence-electron chi connectivity index (χ4n) is 4.31. The third kappa shape index (κ3) is 5.25. The fourth-order valence-corrected chi connectivity index (χ4v) is 4.31. The molecule has 0 amide bonds. The molecule has 3 rings (SSSR count). The summed E-state index contributed by atoms with van der Waals surface area (Å²) < 4.78 is 2.04. The molecule has 2 saturated heterocycles. The second kappa shape index (κ2) is 8.60. The Balaban J connectivity index is 1.52. The highest BCUT2D eigenvalue weighted by molar-refractivity contribution is 4.90. The van der Waals surface area contributed by atoms with Crippen molar-refractivity contribution in [1.82, 2.24) is 24.6 Å². The molecule has 0 radical (unpaired) electrons. The van der Waals surface area contributed by atoms with Gasteiger partial charge in [0.2, 0.25) is 0 Å². The largest absolute Gasteiger partial charge is 0.390 e. The molecule has 0 spiro atoms. The zero-order chi connectivity index (χ0) is 17.8. The minimum atomic E-state index is -0.257. The highest BCUT2D eigenvalue weighted by Gasteiger charge is 2.27. The van der Waals surface area contributed by atoms with Crippen LogP contribution in [0.1, 0.15) is 50.7 Å². The molecule has 1 N–H and O–H groups in total. The molecular weight excluding hydrogens is 314 g/mol. The summed E-state index contributed by atoms with van der Waals surface area (Å²) in [7, 11) is 0. The van der Waals surface area contributed by atoms with Crippen molar-refractivity contribution in [2.24, 2.45) is 5.92 Å². The van der Waals surface area contributed by atoms with E-state index in [0.29, 0.717) is 6.04 Å². The summed E-state index contributed by atoms with van der Waals surface area (Å²) in [6.07, 6.45) is 5.97. The van der Waals surface area contributed by atoms with Crippen LogP contribution in [0.3, 0.4) is 0 Å². The monoisotopic (exact) mass is 349 g/mol. The molecule has 6 heteroatoms. The first kappa shape index (κ1) is 18.8. The average Bonchev–Trinajstić information content (AvgIpc) is 2.89. The number of β-amino-alcohol motifs (C(OH)–C–C–N with tert-alkyl or cyclic N) is 1. The van der Waals surface area contributed by atoms with Crippen molar-refractivity contribution in [2.45, 2.75) is 71.6 Å². The predicted molar refractivity (Wildman–Crippen MR) is 99.6 cm³/mol. The van der Waals surface area contributed by atoms with Crippen molar-refractivity contribution in [2.75, 3.05) is 32.7 Å². The Morgan fingerprint density at radius 3 is 2.52 bits per heavy atom. The highest BCUT2D eigenvalue weighted by atomic mass is 16.3.